The van der Waals surface area contributed by atoms with E-state index in [1.807, 2.05) is 0 Å². The number of rotatable bonds is 0. The van der Waals surface area contributed by atoms with E-state index in [1.54, 1.807) is 27.7 Å². The molecular formula is C7H13NO2S. The van der Waals surface area contributed by atoms with E-state index in [0.717, 1.165) is 0 Å². The van der Waals surface area contributed by atoms with E-state index in [2.05, 4.69) is 17.6 Å². The molecule has 0 rings (SSSR count). The molecule has 3 nitrogen and oxygen atoms in total. The molecule has 0 aliphatic rings. The number of carbonyl (C=O) groups excluding carboxylic acids is 1. The van der Waals surface area contributed by atoms with Gasteiger partial charge in [-0.1, -0.05) is 0 Å². The summed E-state index contributed by atoms with van der Waals surface area (Å²) in [4.78, 5) is 14.3. The predicted molar refractivity (Wildman–Crippen MR) is 48.3 cm³/mol. The molecule has 0 aromatic carbocycles. The summed E-state index contributed by atoms with van der Waals surface area (Å²) in [5.74, 6) is 0. The topological polar surface area (TPSA) is 38.7 Å². The predicted octanol–water partition coefficient (Wildman–Crippen LogP) is 2.27. The third-order valence-electron chi connectivity index (χ3n) is 0.647. The lowest BCUT2D eigenvalue weighted by Gasteiger charge is -2.17. The minimum Gasteiger partial charge on any atom is -0.442 e. The van der Waals surface area contributed by atoms with Crippen molar-refractivity contribution in [3.63, 3.8) is 0 Å². The van der Waals surface area contributed by atoms with Crippen LogP contribution in [0.1, 0.15) is 27.7 Å². The van der Waals surface area contributed by atoms with Crippen molar-refractivity contribution in [3.05, 3.63) is 0 Å². The first kappa shape index (κ1) is 10.5. The van der Waals surface area contributed by atoms with Gasteiger partial charge < -0.3 is 4.74 Å². The van der Waals surface area contributed by atoms with Gasteiger partial charge in [0.2, 0.25) is 0 Å². The van der Waals surface area contributed by atoms with Crippen molar-refractivity contribution in [1.29, 1.82) is 0 Å². The van der Waals surface area contributed by atoms with E-state index in [4.69, 9.17) is 4.74 Å². The summed E-state index contributed by atoms with van der Waals surface area (Å²) < 4.78 is 4.87. The van der Waals surface area contributed by atoms with Gasteiger partial charge in [-0.05, 0) is 27.7 Å². The van der Waals surface area contributed by atoms with Gasteiger partial charge in [-0.3, -0.25) is 0 Å². The molecule has 0 aliphatic carbocycles. The van der Waals surface area contributed by atoms with Crippen molar-refractivity contribution in [2.45, 2.75) is 33.3 Å². The first-order valence-electron chi connectivity index (χ1n) is 3.28. The van der Waals surface area contributed by atoms with Crippen LogP contribution in [0.25, 0.3) is 0 Å². The van der Waals surface area contributed by atoms with Gasteiger partial charge in [0.1, 0.15) is 5.60 Å². The highest BCUT2D eigenvalue weighted by Crippen LogP contribution is 2.08. The highest BCUT2D eigenvalue weighted by molar-refractivity contribution is 7.96. The first-order valence-corrected chi connectivity index (χ1v) is 3.73. The lowest BCUT2D eigenvalue weighted by Crippen LogP contribution is -2.22. The summed E-state index contributed by atoms with van der Waals surface area (Å²) in [7, 11) is 0. The second-order valence-corrected chi connectivity index (χ2v) is 3.79. The third kappa shape index (κ3) is 7.39. The van der Waals surface area contributed by atoms with Crippen LogP contribution in [-0.2, 0) is 4.74 Å². The number of nitrogens with zero attached hydrogens (tertiary/aromatic N) is 1. The normalized spacial score (nSPS) is 13.0. The zero-order valence-electron chi connectivity index (χ0n) is 7.21. The van der Waals surface area contributed by atoms with Crippen molar-refractivity contribution in [1.82, 2.24) is 0 Å². The van der Waals surface area contributed by atoms with Gasteiger partial charge in [0.15, 0.2) is 0 Å². The van der Waals surface area contributed by atoms with Crippen LogP contribution in [0, 0.1) is 0 Å². The van der Waals surface area contributed by atoms with Crippen LogP contribution < -0.4 is 0 Å². The number of aliphatic imine (C=N–C) groups is 1. The Morgan fingerprint density at radius 3 is 2.18 bits per heavy atom. The lowest BCUT2D eigenvalue weighted by atomic mass is 10.2. The van der Waals surface area contributed by atoms with Crippen LogP contribution in [0.15, 0.2) is 4.99 Å². The van der Waals surface area contributed by atoms with Gasteiger partial charge >= 0.3 is 6.09 Å². The smallest absolute Gasteiger partial charge is 0.434 e. The van der Waals surface area contributed by atoms with E-state index in [0.29, 0.717) is 5.04 Å². The number of hydrogen-bond donors (Lipinski definition) is 1. The minimum atomic E-state index is -0.593. The molecule has 0 radical (unpaired) electrons. The highest BCUT2D eigenvalue weighted by Gasteiger charge is 2.14. The quantitative estimate of drug-likeness (QED) is 0.348. The zero-order valence-corrected chi connectivity index (χ0v) is 8.11. The molecule has 0 saturated heterocycles. The van der Waals surface area contributed by atoms with Gasteiger partial charge in [-0.15, -0.1) is 12.6 Å². The molecule has 0 saturated carbocycles. The molecule has 0 N–H and O–H groups in total. The second kappa shape index (κ2) is 3.76. The summed E-state index contributed by atoms with van der Waals surface area (Å²) in [5, 5.41) is 0.402. The van der Waals surface area contributed by atoms with Crippen LogP contribution in [0.5, 0.6) is 0 Å². The molecule has 0 unspecified atom stereocenters. The van der Waals surface area contributed by atoms with Gasteiger partial charge in [0.05, 0.1) is 5.04 Å². The Balaban J connectivity index is 4.00. The maximum Gasteiger partial charge on any atom is 0.434 e. The molecule has 4 heteroatoms. The van der Waals surface area contributed by atoms with Gasteiger partial charge in [-0.25, -0.2) is 4.79 Å². The van der Waals surface area contributed by atoms with E-state index >= 15 is 0 Å². The maximum atomic E-state index is 10.8. The lowest BCUT2D eigenvalue weighted by molar-refractivity contribution is 0.0605. The SMILES string of the molecule is C/C(S)=N/C(=O)OC(C)(C)C. The average Bonchev–Trinajstić information content (AvgIpc) is 1.53. The summed E-state index contributed by atoms with van der Waals surface area (Å²) in [6, 6.07) is 0. The Morgan fingerprint density at radius 1 is 1.45 bits per heavy atom. The minimum absolute atomic E-state index is 0.402. The molecule has 64 valence electrons. The largest absolute Gasteiger partial charge is 0.442 e. The van der Waals surface area contributed by atoms with E-state index in [-0.39, 0.29) is 0 Å². The van der Waals surface area contributed by atoms with Crippen molar-refractivity contribution in [2.24, 2.45) is 4.99 Å². The van der Waals surface area contributed by atoms with Crippen molar-refractivity contribution >= 4 is 23.8 Å². The van der Waals surface area contributed by atoms with Crippen molar-refractivity contribution in [2.75, 3.05) is 0 Å². The standard InChI is InChI=1S/C7H13NO2S/c1-5(11)8-6(9)10-7(2,3)4/h1-4H3,(H,8,9,11). The number of amides is 1. The highest BCUT2D eigenvalue weighted by atomic mass is 32.1. The van der Waals surface area contributed by atoms with Crippen LogP contribution in [0.3, 0.4) is 0 Å². The van der Waals surface area contributed by atoms with Crippen LogP contribution in [0.2, 0.25) is 0 Å². The van der Waals surface area contributed by atoms with Crippen molar-refractivity contribution < 1.29 is 9.53 Å². The summed E-state index contributed by atoms with van der Waals surface area (Å²) in [6.45, 7) is 6.98. The molecule has 0 atom stereocenters. The molecule has 0 aliphatic heterocycles. The first-order chi connectivity index (χ1) is 4.81. The molecule has 0 heterocycles. The Hall–Kier alpha value is -0.510. The van der Waals surface area contributed by atoms with Gasteiger partial charge in [0.25, 0.3) is 0 Å². The summed E-state index contributed by atoms with van der Waals surface area (Å²) in [5.41, 5.74) is -0.482. The van der Waals surface area contributed by atoms with Gasteiger partial charge in [-0.2, -0.15) is 4.99 Å². The number of carbonyl (C=O) groups is 1. The van der Waals surface area contributed by atoms with Crippen LogP contribution in [0.4, 0.5) is 4.79 Å². The fourth-order valence-corrected chi connectivity index (χ4v) is 0.499. The van der Waals surface area contributed by atoms with E-state index in [1.165, 1.54) is 0 Å². The molecule has 11 heavy (non-hydrogen) atoms. The fraction of sp³-hybridized carbons (Fsp3) is 0.714. The average molecular weight is 175 g/mol. The third-order valence-corrected chi connectivity index (χ3v) is 0.747. The Morgan fingerprint density at radius 2 is 1.91 bits per heavy atom. The summed E-state index contributed by atoms with van der Waals surface area (Å²) in [6.07, 6.45) is -0.593. The molecule has 0 spiro atoms. The fourth-order valence-electron chi connectivity index (χ4n) is 0.417. The molecule has 0 aromatic rings. The number of hydrogen-bond acceptors (Lipinski definition) is 2. The molecule has 1 amide bonds. The summed E-state index contributed by atoms with van der Waals surface area (Å²) >= 11 is 3.84. The number of thiol groups is 1. The zero-order chi connectivity index (χ0) is 9.07. The van der Waals surface area contributed by atoms with E-state index in [9.17, 15) is 4.79 Å². The monoisotopic (exact) mass is 175 g/mol. The Labute approximate surface area is 72.3 Å². The molecule has 0 fully saturated rings. The second-order valence-electron chi connectivity index (χ2n) is 3.14. The molecular weight excluding hydrogens is 162 g/mol. The van der Waals surface area contributed by atoms with Crippen molar-refractivity contribution in [3.8, 4) is 0 Å². The Kier molecular flexibility index (Phi) is 3.58. The molecule has 0 aromatic heterocycles. The van der Waals surface area contributed by atoms with Crippen LogP contribution >= 0.6 is 12.6 Å². The number of ether oxygens (including phenoxy) is 1. The maximum absolute atomic E-state index is 10.8. The van der Waals surface area contributed by atoms with Gasteiger partial charge in [0, 0.05) is 0 Å². The van der Waals surface area contributed by atoms with Crippen LogP contribution in [-0.4, -0.2) is 16.7 Å². The Bertz CT molecular complexity index is 177. The molecule has 0 bridgehead atoms. The van der Waals surface area contributed by atoms with E-state index < -0.39 is 11.7 Å².